The summed E-state index contributed by atoms with van der Waals surface area (Å²) >= 11 is 0. The van der Waals surface area contributed by atoms with Crippen LogP contribution in [0.1, 0.15) is 24.6 Å². The molecule has 0 radical (unpaired) electrons. The van der Waals surface area contributed by atoms with Crippen molar-refractivity contribution < 1.29 is 8.83 Å². The van der Waals surface area contributed by atoms with Crippen LogP contribution in [-0.2, 0) is 6.54 Å². The molecule has 4 aromatic rings. The van der Waals surface area contributed by atoms with Crippen molar-refractivity contribution in [2.45, 2.75) is 19.5 Å². The summed E-state index contributed by atoms with van der Waals surface area (Å²) in [6.07, 6.45) is 1.59. The Labute approximate surface area is 178 Å². The normalized spacial score (nSPS) is 12.6. The predicted molar refractivity (Wildman–Crippen MR) is 117 cm³/mol. The highest BCUT2D eigenvalue weighted by Crippen LogP contribution is 2.23. The molecule has 0 saturated carbocycles. The monoisotopic (exact) mass is 492 g/mol. The van der Waals surface area contributed by atoms with Gasteiger partial charge in [-0.2, -0.15) is 0 Å². The van der Waals surface area contributed by atoms with E-state index in [1.165, 1.54) is 0 Å². The van der Waals surface area contributed by atoms with Gasteiger partial charge in [0.15, 0.2) is 11.7 Å². The third kappa shape index (κ3) is 4.35. The number of furan rings is 2. The zero-order valence-corrected chi connectivity index (χ0v) is 17.8. The summed E-state index contributed by atoms with van der Waals surface area (Å²) in [6, 6.07) is 13.5. The molecule has 1 unspecified atom stereocenters. The fourth-order valence-corrected chi connectivity index (χ4v) is 2.74. The molecule has 0 spiro atoms. The molecule has 0 aliphatic rings. The van der Waals surface area contributed by atoms with Crippen molar-refractivity contribution >= 4 is 40.9 Å². The molecule has 8 nitrogen and oxygen atoms in total. The van der Waals surface area contributed by atoms with Crippen molar-refractivity contribution in [2.75, 3.05) is 7.05 Å². The number of nitrogens with one attached hydrogen (secondary N) is 3. The van der Waals surface area contributed by atoms with Gasteiger partial charge < -0.3 is 19.5 Å². The maximum atomic E-state index is 5.90. The number of hydrogen-bond donors (Lipinski definition) is 3. The largest absolute Gasteiger partial charge is 0.461 e. The van der Waals surface area contributed by atoms with Gasteiger partial charge in [0.2, 0.25) is 5.82 Å². The smallest absolute Gasteiger partial charge is 0.216 e. The Balaban J connectivity index is 0.00000225. The molecule has 1 aromatic carbocycles. The Morgan fingerprint density at radius 1 is 1.25 bits per heavy atom. The minimum Gasteiger partial charge on any atom is -0.461 e. The lowest BCUT2D eigenvalue weighted by molar-refractivity contribution is 0.488. The average Bonchev–Trinajstić information content (AvgIpc) is 3.44. The summed E-state index contributed by atoms with van der Waals surface area (Å²) in [6.45, 7) is 2.47. The molecule has 3 N–H and O–H groups in total. The quantitative estimate of drug-likeness (QED) is 0.222. The lowest BCUT2D eigenvalue weighted by Gasteiger charge is -2.15. The molecule has 0 bridgehead atoms. The minimum atomic E-state index is -0.0444. The summed E-state index contributed by atoms with van der Waals surface area (Å²) in [7, 11) is 1.72. The molecular formula is C19H21IN6O2. The fraction of sp³-hybridized carbons (Fsp3) is 0.211. The van der Waals surface area contributed by atoms with Crippen molar-refractivity contribution in [1.29, 1.82) is 0 Å². The number of aromatic nitrogens is 3. The van der Waals surface area contributed by atoms with E-state index in [0.29, 0.717) is 29.9 Å². The van der Waals surface area contributed by atoms with Crippen LogP contribution in [0.3, 0.4) is 0 Å². The molecule has 0 aliphatic carbocycles. The number of fused-ring (bicyclic) bond motifs is 1. The molecule has 146 valence electrons. The van der Waals surface area contributed by atoms with Gasteiger partial charge in [-0.05, 0) is 31.2 Å². The topological polar surface area (TPSA) is 104 Å². The van der Waals surface area contributed by atoms with E-state index in [1.54, 1.807) is 19.4 Å². The van der Waals surface area contributed by atoms with Crippen LogP contribution in [0.4, 0.5) is 0 Å². The van der Waals surface area contributed by atoms with Crippen LogP contribution in [0.5, 0.6) is 0 Å². The number of aliphatic imine (C=N–C) groups is 1. The van der Waals surface area contributed by atoms with E-state index < -0.39 is 0 Å². The van der Waals surface area contributed by atoms with Gasteiger partial charge in [-0.1, -0.05) is 18.2 Å². The van der Waals surface area contributed by atoms with Gasteiger partial charge in [0.25, 0.3) is 0 Å². The zero-order chi connectivity index (χ0) is 18.6. The Hall–Kier alpha value is -2.82. The molecular weight excluding hydrogens is 471 g/mol. The molecule has 9 heteroatoms. The molecule has 0 amide bonds. The maximum absolute atomic E-state index is 5.90. The Morgan fingerprint density at radius 3 is 2.86 bits per heavy atom. The second-order valence-corrected chi connectivity index (χ2v) is 6.06. The minimum absolute atomic E-state index is 0. The van der Waals surface area contributed by atoms with E-state index >= 15 is 0 Å². The lowest BCUT2D eigenvalue weighted by Crippen LogP contribution is -2.38. The van der Waals surface area contributed by atoms with E-state index in [-0.39, 0.29) is 30.0 Å². The van der Waals surface area contributed by atoms with E-state index in [1.807, 2.05) is 43.3 Å². The van der Waals surface area contributed by atoms with Crippen LogP contribution in [-0.4, -0.2) is 28.2 Å². The number of H-pyrrole nitrogens is 1. The summed E-state index contributed by atoms with van der Waals surface area (Å²) < 4.78 is 11.2. The first-order chi connectivity index (χ1) is 13.2. The van der Waals surface area contributed by atoms with Gasteiger partial charge in [0.05, 0.1) is 18.8 Å². The molecule has 3 aromatic heterocycles. The number of benzene rings is 1. The molecule has 0 saturated heterocycles. The van der Waals surface area contributed by atoms with Gasteiger partial charge in [-0.25, -0.2) is 4.98 Å². The van der Waals surface area contributed by atoms with Crippen LogP contribution in [0.25, 0.3) is 22.6 Å². The number of hydrogen-bond acceptors (Lipinski definition) is 5. The molecule has 1 atom stereocenters. The highest BCUT2D eigenvalue weighted by molar-refractivity contribution is 14.0. The summed E-state index contributed by atoms with van der Waals surface area (Å²) in [4.78, 5) is 8.65. The van der Waals surface area contributed by atoms with Crippen LogP contribution in [0, 0.1) is 0 Å². The Morgan fingerprint density at radius 2 is 2.11 bits per heavy atom. The predicted octanol–water partition coefficient (Wildman–Crippen LogP) is 3.86. The SMILES string of the molecule is CN=C(NCc1nc(-c2ccco2)n[nH]1)NC(C)c1cc2ccccc2o1.I. The number of rotatable bonds is 5. The zero-order valence-electron chi connectivity index (χ0n) is 15.5. The molecule has 4 rings (SSSR count). The number of para-hydroxylation sites is 1. The van der Waals surface area contributed by atoms with E-state index in [0.717, 1.165) is 16.7 Å². The lowest BCUT2D eigenvalue weighted by atomic mass is 10.2. The van der Waals surface area contributed by atoms with Gasteiger partial charge in [-0.15, -0.1) is 29.1 Å². The molecule has 3 heterocycles. The highest BCUT2D eigenvalue weighted by atomic mass is 127. The van der Waals surface area contributed by atoms with Crippen LogP contribution in [0.15, 0.2) is 62.6 Å². The molecule has 28 heavy (non-hydrogen) atoms. The summed E-state index contributed by atoms with van der Waals surface area (Å²) in [5, 5.41) is 14.6. The van der Waals surface area contributed by atoms with Crippen LogP contribution >= 0.6 is 24.0 Å². The standard InChI is InChI=1S/C19H20N6O2.HI/c1-12(16-10-13-6-3-4-7-14(13)27-16)22-19(20-2)21-11-17-23-18(25-24-17)15-8-5-9-26-15;/h3-10,12H,11H2,1-2H3,(H2,20,21,22)(H,23,24,25);1H. The van der Waals surface area contributed by atoms with Crippen molar-refractivity contribution in [2.24, 2.45) is 4.99 Å². The van der Waals surface area contributed by atoms with Gasteiger partial charge in [0.1, 0.15) is 17.2 Å². The number of aromatic amines is 1. The first kappa shape index (κ1) is 19.9. The van der Waals surface area contributed by atoms with Crippen molar-refractivity contribution in [1.82, 2.24) is 25.8 Å². The first-order valence-corrected chi connectivity index (χ1v) is 8.64. The highest BCUT2D eigenvalue weighted by Gasteiger charge is 2.14. The van der Waals surface area contributed by atoms with E-state index in [2.05, 4.69) is 30.8 Å². The van der Waals surface area contributed by atoms with Crippen LogP contribution < -0.4 is 10.6 Å². The van der Waals surface area contributed by atoms with E-state index in [4.69, 9.17) is 8.83 Å². The van der Waals surface area contributed by atoms with Gasteiger partial charge in [-0.3, -0.25) is 10.1 Å². The third-order valence-electron chi connectivity index (χ3n) is 4.14. The molecule has 0 fully saturated rings. The Bertz CT molecular complexity index is 1020. The summed E-state index contributed by atoms with van der Waals surface area (Å²) in [5.41, 5.74) is 0.871. The maximum Gasteiger partial charge on any atom is 0.216 e. The van der Waals surface area contributed by atoms with E-state index in [9.17, 15) is 0 Å². The number of halogens is 1. The molecule has 0 aliphatic heterocycles. The summed E-state index contributed by atoms with van der Waals surface area (Å²) in [5.74, 6) is 3.31. The fourth-order valence-electron chi connectivity index (χ4n) is 2.74. The van der Waals surface area contributed by atoms with Crippen molar-refractivity contribution in [3.05, 3.63) is 60.3 Å². The van der Waals surface area contributed by atoms with Crippen molar-refractivity contribution in [3.63, 3.8) is 0 Å². The van der Waals surface area contributed by atoms with Gasteiger partial charge in [0, 0.05) is 12.4 Å². The average molecular weight is 492 g/mol. The van der Waals surface area contributed by atoms with Crippen LogP contribution in [0.2, 0.25) is 0 Å². The third-order valence-corrected chi connectivity index (χ3v) is 4.14. The number of nitrogens with zero attached hydrogens (tertiary/aromatic N) is 3. The second-order valence-electron chi connectivity index (χ2n) is 6.06. The van der Waals surface area contributed by atoms with Crippen molar-refractivity contribution in [3.8, 4) is 11.6 Å². The first-order valence-electron chi connectivity index (χ1n) is 8.64. The Kier molecular flexibility index (Phi) is 6.34. The second kappa shape index (κ2) is 8.91. The van der Waals surface area contributed by atoms with Gasteiger partial charge >= 0.3 is 0 Å². The number of guanidine groups is 1.